The van der Waals surface area contributed by atoms with E-state index < -0.39 is 5.60 Å². The molecule has 0 amide bonds. The lowest BCUT2D eigenvalue weighted by atomic mass is 9.82. The summed E-state index contributed by atoms with van der Waals surface area (Å²) in [6.45, 7) is 4.26. The van der Waals surface area contributed by atoms with Gasteiger partial charge in [-0.3, -0.25) is 0 Å². The summed E-state index contributed by atoms with van der Waals surface area (Å²) in [6.07, 6.45) is 5.67. The van der Waals surface area contributed by atoms with Crippen molar-refractivity contribution in [3.8, 4) is 0 Å². The van der Waals surface area contributed by atoms with Crippen molar-refractivity contribution < 1.29 is 5.11 Å². The maximum Gasteiger partial charge on any atom is 0.0864 e. The van der Waals surface area contributed by atoms with Gasteiger partial charge in [-0.25, -0.2) is 0 Å². The highest BCUT2D eigenvalue weighted by Gasteiger charge is 2.28. The predicted molar refractivity (Wildman–Crippen MR) is 38.2 cm³/mol. The molecule has 0 aromatic heterocycles. The highest BCUT2D eigenvalue weighted by Crippen LogP contribution is 2.29. The van der Waals surface area contributed by atoms with E-state index >= 15 is 0 Å². The van der Waals surface area contributed by atoms with Crippen LogP contribution in [0.5, 0.6) is 0 Å². The monoisotopic (exact) mass is 126 g/mol. The van der Waals surface area contributed by atoms with Crippen molar-refractivity contribution in [3.05, 3.63) is 12.2 Å². The van der Waals surface area contributed by atoms with Gasteiger partial charge < -0.3 is 5.11 Å². The van der Waals surface area contributed by atoms with Gasteiger partial charge in [-0.15, -0.1) is 0 Å². The van der Waals surface area contributed by atoms with E-state index in [4.69, 9.17) is 0 Å². The van der Waals surface area contributed by atoms with Gasteiger partial charge in [-0.05, 0) is 18.8 Å². The Bertz CT molecular complexity index is 127. The van der Waals surface area contributed by atoms with E-state index in [9.17, 15) is 5.11 Å². The Morgan fingerprint density at radius 3 is 2.33 bits per heavy atom. The van der Waals surface area contributed by atoms with E-state index in [1.54, 1.807) is 0 Å². The Balaban J connectivity index is 2.35. The van der Waals surface area contributed by atoms with Crippen LogP contribution in [-0.2, 0) is 0 Å². The fraction of sp³-hybridized carbons (Fsp3) is 0.750. The zero-order valence-electron chi connectivity index (χ0n) is 6.09. The van der Waals surface area contributed by atoms with Gasteiger partial charge in [-0.1, -0.05) is 26.0 Å². The van der Waals surface area contributed by atoms with Gasteiger partial charge in [0.2, 0.25) is 0 Å². The molecule has 52 valence electrons. The summed E-state index contributed by atoms with van der Waals surface area (Å²) in [7, 11) is 0. The van der Waals surface area contributed by atoms with Crippen molar-refractivity contribution >= 4 is 0 Å². The third-order valence-electron chi connectivity index (χ3n) is 1.66. The van der Waals surface area contributed by atoms with Crippen LogP contribution in [0.4, 0.5) is 0 Å². The number of hydrogen-bond acceptors (Lipinski definition) is 1. The van der Waals surface area contributed by atoms with Crippen LogP contribution in [0.15, 0.2) is 12.2 Å². The highest BCUT2D eigenvalue weighted by atomic mass is 16.3. The normalized spacial score (nSPS) is 32.9. The number of rotatable bonds is 2. The van der Waals surface area contributed by atoms with Crippen molar-refractivity contribution in [3.63, 3.8) is 0 Å². The molecule has 1 N–H and O–H groups in total. The molecule has 0 aliphatic heterocycles. The van der Waals surface area contributed by atoms with E-state index in [0.717, 1.165) is 12.8 Å². The highest BCUT2D eigenvalue weighted by molar-refractivity contribution is 5.14. The molecule has 0 heterocycles. The molecule has 0 saturated carbocycles. The fourth-order valence-corrected chi connectivity index (χ4v) is 1.25. The van der Waals surface area contributed by atoms with Crippen LogP contribution in [0.3, 0.4) is 0 Å². The molecule has 0 spiro atoms. The zero-order chi connectivity index (χ0) is 6.91. The molecular weight excluding hydrogens is 112 g/mol. The standard InChI is InChI=1S/C8H14O/c1-7(2)6-8(9)4-3-5-8/h3-4,7,9H,5-6H2,1-2H3. The second kappa shape index (κ2) is 2.14. The van der Waals surface area contributed by atoms with E-state index in [-0.39, 0.29) is 0 Å². The molecule has 1 unspecified atom stereocenters. The third kappa shape index (κ3) is 1.55. The van der Waals surface area contributed by atoms with Gasteiger partial charge in [0.05, 0.1) is 5.60 Å². The Kier molecular flexibility index (Phi) is 1.62. The van der Waals surface area contributed by atoms with Crippen molar-refractivity contribution in [2.45, 2.75) is 32.3 Å². The summed E-state index contributed by atoms with van der Waals surface area (Å²) >= 11 is 0. The third-order valence-corrected chi connectivity index (χ3v) is 1.66. The lowest BCUT2D eigenvalue weighted by Crippen LogP contribution is -2.32. The van der Waals surface area contributed by atoms with Crippen molar-refractivity contribution in [1.82, 2.24) is 0 Å². The van der Waals surface area contributed by atoms with Crippen LogP contribution < -0.4 is 0 Å². The van der Waals surface area contributed by atoms with Crippen molar-refractivity contribution in [1.29, 1.82) is 0 Å². The molecule has 1 rings (SSSR count). The molecule has 1 atom stereocenters. The van der Waals surface area contributed by atoms with Crippen LogP contribution >= 0.6 is 0 Å². The largest absolute Gasteiger partial charge is 0.385 e. The van der Waals surface area contributed by atoms with Gasteiger partial charge in [0.25, 0.3) is 0 Å². The van der Waals surface area contributed by atoms with Crippen LogP contribution in [0.1, 0.15) is 26.7 Å². The Morgan fingerprint density at radius 1 is 1.67 bits per heavy atom. The topological polar surface area (TPSA) is 20.2 Å². The van der Waals surface area contributed by atoms with Gasteiger partial charge in [0.15, 0.2) is 0 Å². The molecule has 0 bridgehead atoms. The maximum atomic E-state index is 9.49. The Hall–Kier alpha value is -0.300. The quantitative estimate of drug-likeness (QED) is 0.558. The Labute approximate surface area is 56.4 Å². The molecule has 1 aliphatic rings. The predicted octanol–water partition coefficient (Wildman–Crippen LogP) is 1.72. The van der Waals surface area contributed by atoms with Crippen LogP contribution in [0.25, 0.3) is 0 Å². The van der Waals surface area contributed by atoms with Crippen LogP contribution in [0, 0.1) is 5.92 Å². The van der Waals surface area contributed by atoms with Crippen molar-refractivity contribution in [2.75, 3.05) is 0 Å². The lowest BCUT2D eigenvalue weighted by molar-refractivity contribution is 0.0549. The summed E-state index contributed by atoms with van der Waals surface area (Å²) in [5.41, 5.74) is -0.436. The lowest BCUT2D eigenvalue weighted by Gasteiger charge is -2.31. The summed E-state index contributed by atoms with van der Waals surface area (Å²) in [4.78, 5) is 0. The molecule has 0 aromatic rings. The van der Waals surface area contributed by atoms with Gasteiger partial charge in [-0.2, -0.15) is 0 Å². The minimum Gasteiger partial charge on any atom is -0.385 e. The molecule has 1 heteroatoms. The van der Waals surface area contributed by atoms with Crippen LogP contribution in [-0.4, -0.2) is 10.7 Å². The summed E-state index contributed by atoms with van der Waals surface area (Å²) in [5.74, 6) is 0.597. The van der Waals surface area contributed by atoms with E-state index in [1.165, 1.54) is 0 Å². The van der Waals surface area contributed by atoms with Crippen LogP contribution in [0.2, 0.25) is 0 Å². The second-order valence-electron chi connectivity index (χ2n) is 3.31. The number of hydrogen-bond donors (Lipinski definition) is 1. The average Bonchev–Trinajstić information content (AvgIpc) is 1.60. The Morgan fingerprint density at radius 2 is 2.22 bits per heavy atom. The SMILES string of the molecule is CC(C)CC1(O)C=CC1. The van der Waals surface area contributed by atoms with Crippen molar-refractivity contribution in [2.24, 2.45) is 5.92 Å². The molecule has 9 heavy (non-hydrogen) atoms. The summed E-state index contributed by atoms with van der Waals surface area (Å²) in [5, 5.41) is 9.49. The molecule has 0 radical (unpaired) electrons. The first kappa shape index (κ1) is 6.81. The van der Waals surface area contributed by atoms with E-state index in [0.29, 0.717) is 5.92 Å². The summed E-state index contributed by atoms with van der Waals surface area (Å²) in [6, 6.07) is 0. The zero-order valence-corrected chi connectivity index (χ0v) is 6.09. The molecular formula is C8H14O. The van der Waals surface area contributed by atoms with E-state index in [1.807, 2.05) is 12.2 Å². The average molecular weight is 126 g/mol. The molecule has 0 aromatic carbocycles. The minimum absolute atomic E-state index is 0.436. The van der Waals surface area contributed by atoms with Gasteiger partial charge >= 0.3 is 0 Å². The van der Waals surface area contributed by atoms with Gasteiger partial charge in [0.1, 0.15) is 0 Å². The first-order valence-electron chi connectivity index (χ1n) is 3.52. The first-order valence-corrected chi connectivity index (χ1v) is 3.52. The smallest absolute Gasteiger partial charge is 0.0864 e. The molecule has 0 saturated heterocycles. The van der Waals surface area contributed by atoms with Gasteiger partial charge in [0, 0.05) is 0 Å². The molecule has 1 aliphatic carbocycles. The molecule has 1 nitrogen and oxygen atoms in total. The minimum atomic E-state index is -0.436. The fourth-order valence-electron chi connectivity index (χ4n) is 1.25. The second-order valence-corrected chi connectivity index (χ2v) is 3.31. The number of aliphatic hydroxyl groups is 1. The summed E-state index contributed by atoms with van der Waals surface area (Å²) < 4.78 is 0. The van der Waals surface area contributed by atoms with E-state index in [2.05, 4.69) is 13.8 Å². The first-order chi connectivity index (χ1) is 4.12. The molecule has 0 fully saturated rings. The maximum absolute atomic E-state index is 9.49.